The summed E-state index contributed by atoms with van der Waals surface area (Å²) in [6.07, 6.45) is 3.63. The Hall–Kier alpha value is -0.440. The average Bonchev–Trinajstić information content (AvgIpc) is 2.39. The van der Waals surface area contributed by atoms with Crippen LogP contribution >= 0.6 is 47.0 Å². The molecule has 2 aromatic heterocycles. The summed E-state index contributed by atoms with van der Waals surface area (Å²) in [6, 6.07) is 3.89. The van der Waals surface area contributed by atoms with Gasteiger partial charge >= 0.3 is 0 Å². The fourth-order valence-electron chi connectivity index (χ4n) is 1.24. The molecule has 4 nitrogen and oxygen atoms in total. The smallest absolute Gasteiger partial charge is 0.189 e. The molecule has 0 N–H and O–H groups in total. The minimum atomic E-state index is 0.814. The van der Waals surface area contributed by atoms with Crippen molar-refractivity contribution < 1.29 is 0 Å². The summed E-state index contributed by atoms with van der Waals surface area (Å²) < 4.78 is 0. The highest BCUT2D eigenvalue weighted by Crippen LogP contribution is 2.30. The van der Waals surface area contributed by atoms with Crippen LogP contribution in [-0.4, -0.2) is 30.1 Å². The topological polar surface area (TPSA) is 51.6 Å². The molecule has 1 aliphatic rings. The first-order valence-corrected chi connectivity index (χ1v) is 9.02. The molecule has 3 heterocycles. The molecule has 3 rings (SSSR count). The molecule has 0 saturated heterocycles. The van der Waals surface area contributed by atoms with Gasteiger partial charge in [-0.05, 0) is 12.1 Å². The lowest BCUT2D eigenvalue weighted by Gasteiger charge is -2.06. The van der Waals surface area contributed by atoms with E-state index in [9.17, 15) is 0 Å². The van der Waals surface area contributed by atoms with Gasteiger partial charge in [0.15, 0.2) is 10.3 Å². The van der Waals surface area contributed by atoms with Gasteiger partial charge in [-0.25, -0.2) is 19.9 Å². The highest BCUT2D eigenvalue weighted by atomic mass is 32.2. The number of rotatable bonds is 0. The average molecular weight is 312 g/mol. The number of nitrogens with zero attached hydrogens (tertiary/aromatic N) is 4. The van der Waals surface area contributed by atoms with Crippen molar-refractivity contribution in [1.82, 2.24) is 19.9 Å². The van der Waals surface area contributed by atoms with Crippen LogP contribution in [0.4, 0.5) is 0 Å². The Morgan fingerprint density at radius 1 is 0.722 bits per heavy atom. The molecule has 0 atom stereocenters. The van der Waals surface area contributed by atoms with Crippen molar-refractivity contribution in [3.63, 3.8) is 0 Å². The molecule has 0 aliphatic carbocycles. The van der Waals surface area contributed by atoms with Crippen molar-refractivity contribution in [1.29, 1.82) is 0 Å². The minimum Gasteiger partial charge on any atom is -0.231 e. The number of aromatic nitrogens is 4. The maximum absolute atomic E-state index is 4.49. The van der Waals surface area contributed by atoms with E-state index < -0.39 is 0 Å². The summed E-state index contributed by atoms with van der Waals surface area (Å²) in [5.41, 5.74) is 0. The van der Waals surface area contributed by atoms with Gasteiger partial charge in [0.05, 0.1) is 10.2 Å². The van der Waals surface area contributed by atoms with E-state index in [1.54, 1.807) is 47.0 Å². The molecule has 2 aromatic rings. The van der Waals surface area contributed by atoms with E-state index in [4.69, 9.17) is 0 Å². The number of hydrogen-bond acceptors (Lipinski definition) is 8. The summed E-state index contributed by atoms with van der Waals surface area (Å²) in [5.74, 6) is 0. The van der Waals surface area contributed by atoms with E-state index >= 15 is 0 Å². The minimum absolute atomic E-state index is 0.814. The van der Waals surface area contributed by atoms with Gasteiger partial charge in [-0.3, -0.25) is 0 Å². The zero-order valence-electron chi connectivity index (χ0n) is 9.15. The van der Waals surface area contributed by atoms with Gasteiger partial charge < -0.3 is 0 Å². The van der Waals surface area contributed by atoms with Gasteiger partial charge in [-0.15, -0.1) is 0 Å². The normalized spacial score (nSPS) is 15.6. The van der Waals surface area contributed by atoms with Gasteiger partial charge in [0.25, 0.3) is 0 Å². The number of fused-ring (bicyclic) bond motifs is 4. The van der Waals surface area contributed by atoms with Crippen LogP contribution in [-0.2, 0) is 0 Å². The Morgan fingerprint density at radius 2 is 1.22 bits per heavy atom. The summed E-state index contributed by atoms with van der Waals surface area (Å²) in [6.45, 7) is 0. The molecule has 8 heteroatoms. The van der Waals surface area contributed by atoms with Gasteiger partial charge in [0.1, 0.15) is 10.1 Å². The zero-order chi connectivity index (χ0) is 12.2. The lowest BCUT2D eigenvalue weighted by atomic mass is 10.7. The van der Waals surface area contributed by atoms with Crippen LogP contribution in [0.5, 0.6) is 0 Å². The van der Waals surface area contributed by atoms with Crippen LogP contribution in [0.1, 0.15) is 0 Å². The van der Waals surface area contributed by atoms with Crippen molar-refractivity contribution in [3.05, 3.63) is 24.5 Å². The summed E-state index contributed by atoms with van der Waals surface area (Å²) in [4.78, 5) is 17.5. The lowest BCUT2D eigenvalue weighted by Crippen LogP contribution is -1.92. The van der Waals surface area contributed by atoms with Crippen molar-refractivity contribution in [2.24, 2.45) is 0 Å². The molecule has 18 heavy (non-hydrogen) atoms. The van der Waals surface area contributed by atoms with E-state index in [-0.39, 0.29) is 0 Å². The summed E-state index contributed by atoms with van der Waals surface area (Å²) in [7, 11) is 0. The molecule has 0 radical (unpaired) electrons. The molecule has 0 unspecified atom stereocenters. The summed E-state index contributed by atoms with van der Waals surface area (Å²) >= 11 is 6.64. The highest BCUT2D eigenvalue weighted by Gasteiger charge is 2.07. The Kier molecular flexibility index (Phi) is 4.29. The molecule has 92 valence electrons. The van der Waals surface area contributed by atoms with Crippen LogP contribution in [0.25, 0.3) is 0 Å². The summed E-state index contributed by atoms with van der Waals surface area (Å²) in [5, 5.41) is 5.37. The monoisotopic (exact) mass is 312 g/mol. The first-order valence-electron chi connectivity index (χ1n) is 5.07. The second-order valence-corrected chi connectivity index (χ2v) is 7.78. The number of thioether (sulfide) groups is 4. The second-order valence-electron chi connectivity index (χ2n) is 3.17. The lowest BCUT2D eigenvalue weighted by molar-refractivity contribution is 0.889. The first kappa shape index (κ1) is 12.6. The second kappa shape index (κ2) is 6.14. The molecule has 1 aliphatic heterocycles. The molecule has 0 spiro atoms. The van der Waals surface area contributed by atoms with Gasteiger partial charge in [-0.1, -0.05) is 47.0 Å². The van der Waals surface area contributed by atoms with Crippen molar-refractivity contribution in [3.8, 4) is 0 Å². The Labute approximate surface area is 122 Å². The van der Waals surface area contributed by atoms with Crippen molar-refractivity contribution in [2.75, 3.05) is 10.2 Å². The van der Waals surface area contributed by atoms with Crippen molar-refractivity contribution in [2.45, 2.75) is 20.4 Å². The van der Waals surface area contributed by atoms with Gasteiger partial charge in [-0.2, -0.15) is 0 Å². The van der Waals surface area contributed by atoms with E-state index in [1.807, 2.05) is 24.5 Å². The van der Waals surface area contributed by atoms with Gasteiger partial charge in [0.2, 0.25) is 0 Å². The van der Waals surface area contributed by atoms with Crippen molar-refractivity contribution >= 4 is 47.0 Å². The molecule has 0 fully saturated rings. The Morgan fingerprint density at radius 3 is 1.78 bits per heavy atom. The van der Waals surface area contributed by atoms with Crippen LogP contribution in [0.15, 0.2) is 44.9 Å². The van der Waals surface area contributed by atoms with Crippen LogP contribution < -0.4 is 0 Å². The Bertz CT molecular complexity index is 463. The fraction of sp³-hybridized carbons (Fsp3) is 0.200. The van der Waals surface area contributed by atoms with Crippen LogP contribution in [0, 0.1) is 0 Å². The maximum Gasteiger partial charge on any atom is 0.189 e. The van der Waals surface area contributed by atoms with Gasteiger partial charge in [0, 0.05) is 12.4 Å². The number of hydrogen-bond donors (Lipinski definition) is 0. The van der Waals surface area contributed by atoms with E-state index in [1.165, 1.54) is 0 Å². The van der Waals surface area contributed by atoms with Crippen LogP contribution in [0.2, 0.25) is 0 Å². The van der Waals surface area contributed by atoms with E-state index in [2.05, 4.69) is 19.9 Å². The molecular formula is C10H8N4S4. The third-order valence-electron chi connectivity index (χ3n) is 2.01. The zero-order valence-corrected chi connectivity index (χ0v) is 12.4. The maximum atomic E-state index is 4.49. The largest absolute Gasteiger partial charge is 0.231 e. The quantitative estimate of drug-likeness (QED) is 0.543. The third-order valence-corrected chi connectivity index (χ3v) is 5.85. The van der Waals surface area contributed by atoms with E-state index in [0.717, 1.165) is 30.5 Å². The SMILES string of the molecule is c1cc2nc(n1)SCSc1nccc(n1)SCS2. The predicted octanol–water partition coefficient (Wildman–Crippen LogP) is 3.26. The highest BCUT2D eigenvalue weighted by molar-refractivity contribution is 8.16. The van der Waals surface area contributed by atoms with Crippen LogP contribution in [0.3, 0.4) is 0 Å². The molecule has 0 saturated carbocycles. The standard InChI is InChI=1S/C10H8N4S4/c1-3-11-9-13-7(1)15-5-16-8-2-4-12-10(14-8)18-6-17-9/h1-4H,5-6H2. The molecule has 0 aromatic carbocycles. The molecule has 0 amide bonds. The predicted molar refractivity (Wildman–Crippen MR) is 77.2 cm³/mol. The molecule has 4 bridgehead atoms. The first-order chi connectivity index (χ1) is 8.90. The molecular weight excluding hydrogens is 304 g/mol. The van der Waals surface area contributed by atoms with E-state index in [0.29, 0.717) is 0 Å². The Balaban J connectivity index is 1.84. The fourth-order valence-corrected chi connectivity index (χ4v) is 4.84. The third kappa shape index (κ3) is 3.31.